The summed E-state index contributed by atoms with van der Waals surface area (Å²) in [5.74, 6) is 2.86. The first-order valence-electron chi connectivity index (χ1n) is 17.2. The second-order valence-corrected chi connectivity index (χ2v) is 16.9. The van der Waals surface area contributed by atoms with Gasteiger partial charge in [-0.3, -0.25) is 4.98 Å². The number of benzene rings is 1. The van der Waals surface area contributed by atoms with Crippen LogP contribution >= 0.6 is 11.3 Å². The lowest BCUT2D eigenvalue weighted by Crippen LogP contribution is -2.17. The van der Waals surface area contributed by atoms with E-state index >= 15 is 0 Å². The van der Waals surface area contributed by atoms with Crippen molar-refractivity contribution in [3.63, 3.8) is 0 Å². The number of fused-ring (bicyclic) bond motifs is 3. The molecule has 0 amide bonds. The molecule has 4 aromatic heterocycles. The summed E-state index contributed by atoms with van der Waals surface area (Å²) in [5, 5.41) is 13.3. The molecule has 1 aliphatic carbocycles. The number of thiophene rings is 1. The number of methoxy groups -OCH3 is 1. The van der Waals surface area contributed by atoms with Gasteiger partial charge in [0.05, 0.1) is 45.5 Å². The van der Waals surface area contributed by atoms with E-state index in [4.69, 9.17) is 23.9 Å². The first-order chi connectivity index (χ1) is 23.7. The number of nitrogens with one attached hydrogen (secondary N) is 1. The largest absolute Gasteiger partial charge is 0.496 e. The number of hydrogen-bond donors (Lipinski definition) is 1. The van der Waals surface area contributed by atoms with Crippen LogP contribution in [0.4, 0.5) is 5.82 Å². The molecule has 0 spiro atoms. The normalized spacial score (nSPS) is 20.2. The molecule has 6 heterocycles. The van der Waals surface area contributed by atoms with E-state index in [1.54, 1.807) is 25.4 Å². The first kappa shape index (κ1) is 32.3. The first-order valence-corrected chi connectivity index (χ1v) is 19.7. The van der Waals surface area contributed by atoms with Crippen molar-refractivity contribution < 1.29 is 22.3 Å². The van der Waals surface area contributed by atoms with Crippen LogP contribution in [-0.4, -0.2) is 54.7 Å². The van der Waals surface area contributed by atoms with Gasteiger partial charge < -0.3 is 19.2 Å². The van der Waals surface area contributed by atoms with Gasteiger partial charge in [0.1, 0.15) is 11.6 Å². The van der Waals surface area contributed by atoms with Crippen LogP contribution in [0.3, 0.4) is 0 Å². The summed E-state index contributed by atoms with van der Waals surface area (Å²) < 4.78 is 46.7. The average Bonchev–Trinajstić information content (AvgIpc) is 3.88. The fraction of sp³-hybridized carbons (Fsp3) is 0.459. The Bertz CT molecular complexity index is 2150. The third kappa shape index (κ3) is 5.81. The summed E-state index contributed by atoms with van der Waals surface area (Å²) in [7, 11) is -1.95. The summed E-state index contributed by atoms with van der Waals surface area (Å²) in [5.41, 5.74) is 5.18. The molecule has 8 rings (SSSR count). The van der Waals surface area contributed by atoms with Gasteiger partial charge in [0.2, 0.25) is 11.8 Å². The van der Waals surface area contributed by atoms with Crippen LogP contribution in [0, 0.1) is 18.8 Å². The molecule has 0 bridgehead atoms. The fourth-order valence-electron chi connectivity index (χ4n) is 7.85. The monoisotopic (exact) mass is 699 g/mol. The molecule has 1 fully saturated rings. The molecule has 1 aromatic carbocycles. The predicted octanol–water partition coefficient (Wildman–Crippen LogP) is 7.71. The highest BCUT2D eigenvalue weighted by Gasteiger charge is 2.43. The fourth-order valence-corrected chi connectivity index (χ4v) is 11.3. The van der Waals surface area contributed by atoms with Crippen LogP contribution in [0.15, 0.2) is 45.8 Å². The number of hydrogen-bond acceptors (Lipinski definition) is 11. The van der Waals surface area contributed by atoms with Gasteiger partial charge in [0.25, 0.3) is 0 Å². The number of anilines is 1. The van der Waals surface area contributed by atoms with Crippen LogP contribution in [0.25, 0.3) is 32.0 Å². The van der Waals surface area contributed by atoms with E-state index in [0.29, 0.717) is 45.8 Å². The predicted molar refractivity (Wildman–Crippen MR) is 190 cm³/mol. The molecular formula is C37H41N5O5S2. The van der Waals surface area contributed by atoms with Gasteiger partial charge in [-0.15, -0.1) is 21.5 Å². The lowest BCUT2D eigenvalue weighted by Gasteiger charge is -2.23. The van der Waals surface area contributed by atoms with Crippen molar-refractivity contribution in [2.24, 2.45) is 11.8 Å². The number of aromatic nitrogens is 4. The SMILES string of the molecule is COc1cccc2c1CC[C@H]2Nc1nccc2cc(-c3c(-c4nnc(C)o4)c(CCC4CCOCC4)nc4c3S(=O)(=O)C[C@H]4C(C)C)sc12. The summed E-state index contributed by atoms with van der Waals surface area (Å²) in [4.78, 5) is 11.1. The third-order valence-corrected chi connectivity index (χ3v) is 13.4. The van der Waals surface area contributed by atoms with Gasteiger partial charge in [0.15, 0.2) is 9.84 Å². The number of pyridine rings is 2. The van der Waals surface area contributed by atoms with Crippen molar-refractivity contribution in [3.05, 3.63) is 64.9 Å². The Morgan fingerprint density at radius 2 is 1.94 bits per heavy atom. The van der Waals surface area contributed by atoms with Crippen LogP contribution in [-0.2, 0) is 27.4 Å². The zero-order valence-corrected chi connectivity index (χ0v) is 29.9. The molecule has 5 aromatic rings. The average molecular weight is 700 g/mol. The topological polar surface area (TPSA) is 129 Å². The van der Waals surface area contributed by atoms with Crippen molar-refractivity contribution >= 4 is 37.1 Å². The second-order valence-electron chi connectivity index (χ2n) is 13.8. The highest BCUT2D eigenvalue weighted by Crippen LogP contribution is 2.51. The lowest BCUT2D eigenvalue weighted by atomic mass is 9.89. The molecule has 0 unspecified atom stereocenters. The molecule has 0 saturated carbocycles. The minimum atomic E-state index is -3.67. The van der Waals surface area contributed by atoms with Crippen molar-refractivity contribution in [1.82, 2.24) is 20.2 Å². The van der Waals surface area contributed by atoms with E-state index < -0.39 is 9.84 Å². The Morgan fingerprint density at radius 1 is 1.10 bits per heavy atom. The van der Waals surface area contributed by atoms with Crippen molar-refractivity contribution in [2.75, 3.05) is 31.4 Å². The molecule has 256 valence electrons. The zero-order valence-electron chi connectivity index (χ0n) is 28.3. The Kier molecular flexibility index (Phi) is 8.44. The van der Waals surface area contributed by atoms with Crippen molar-refractivity contribution in [1.29, 1.82) is 0 Å². The minimum Gasteiger partial charge on any atom is -0.496 e. The van der Waals surface area contributed by atoms with Crippen LogP contribution < -0.4 is 10.1 Å². The van der Waals surface area contributed by atoms with E-state index in [9.17, 15) is 8.42 Å². The maximum Gasteiger partial charge on any atom is 0.250 e. The number of ether oxygens (including phenoxy) is 2. The number of nitrogens with zero attached hydrogens (tertiary/aromatic N) is 4. The quantitative estimate of drug-likeness (QED) is 0.163. The molecule has 2 aliphatic heterocycles. The van der Waals surface area contributed by atoms with E-state index in [0.717, 1.165) is 77.5 Å². The molecular weight excluding hydrogens is 659 g/mol. The van der Waals surface area contributed by atoms with Gasteiger partial charge in [-0.2, -0.15) is 0 Å². The van der Waals surface area contributed by atoms with E-state index in [1.807, 2.05) is 24.4 Å². The summed E-state index contributed by atoms with van der Waals surface area (Å²) >= 11 is 1.55. The lowest BCUT2D eigenvalue weighted by molar-refractivity contribution is 0.0639. The van der Waals surface area contributed by atoms with Gasteiger partial charge >= 0.3 is 0 Å². The maximum atomic E-state index is 14.2. The third-order valence-electron chi connectivity index (χ3n) is 10.4. The standard InChI is InChI=1S/C37H41N5O5S2/c1-20(2)26-19-49(43,44)35-32(31(37-42-41-21(3)47-37)28(39-33(26)35)10-8-22-13-16-46-17-14-22)30-18-23-12-15-38-36(34(23)48-30)40-27-11-9-25-24(27)6-5-7-29(25)45-4/h5-7,12,15,18,20,22,26-27H,8-11,13-14,16-17,19H2,1-4H3,(H,38,40)/t26-,27+/m0/s1. The summed E-state index contributed by atoms with van der Waals surface area (Å²) in [6.07, 6.45) is 7.27. The van der Waals surface area contributed by atoms with Crippen molar-refractivity contribution in [2.45, 2.75) is 76.2 Å². The molecule has 49 heavy (non-hydrogen) atoms. The number of aryl methyl sites for hydroxylation is 2. The van der Waals surface area contributed by atoms with E-state index in [1.165, 1.54) is 11.1 Å². The molecule has 1 saturated heterocycles. The van der Waals surface area contributed by atoms with Crippen LogP contribution in [0.5, 0.6) is 5.75 Å². The minimum absolute atomic E-state index is 0.0372. The second kappa shape index (κ2) is 12.8. The van der Waals surface area contributed by atoms with E-state index in [-0.39, 0.29) is 23.6 Å². The van der Waals surface area contributed by atoms with Crippen LogP contribution in [0.1, 0.15) is 79.9 Å². The Hall–Kier alpha value is -3.87. The van der Waals surface area contributed by atoms with Gasteiger partial charge in [-0.25, -0.2) is 13.4 Å². The van der Waals surface area contributed by atoms with Crippen LogP contribution in [0.2, 0.25) is 0 Å². The highest BCUT2D eigenvalue weighted by atomic mass is 32.2. The number of sulfone groups is 1. The molecule has 3 aliphatic rings. The van der Waals surface area contributed by atoms with Gasteiger partial charge in [0, 0.05) is 42.7 Å². The van der Waals surface area contributed by atoms with Crippen molar-refractivity contribution in [3.8, 4) is 27.6 Å². The summed E-state index contributed by atoms with van der Waals surface area (Å²) in [6, 6.07) is 10.4. The smallest absolute Gasteiger partial charge is 0.250 e. The highest BCUT2D eigenvalue weighted by molar-refractivity contribution is 7.92. The summed E-state index contributed by atoms with van der Waals surface area (Å²) in [6.45, 7) is 7.44. The molecule has 12 heteroatoms. The van der Waals surface area contributed by atoms with Gasteiger partial charge in [-0.05, 0) is 85.1 Å². The molecule has 2 atom stereocenters. The Balaban J connectivity index is 1.30. The molecule has 10 nitrogen and oxygen atoms in total. The van der Waals surface area contributed by atoms with Gasteiger partial charge in [-0.1, -0.05) is 26.0 Å². The zero-order chi connectivity index (χ0) is 33.9. The molecule has 1 N–H and O–H groups in total. The number of rotatable bonds is 9. The molecule has 0 radical (unpaired) electrons. The van der Waals surface area contributed by atoms with E-state index in [2.05, 4.69) is 41.5 Å². The Morgan fingerprint density at radius 3 is 2.69 bits per heavy atom. The Labute approximate surface area is 290 Å². The maximum absolute atomic E-state index is 14.2.